The van der Waals surface area contributed by atoms with Crippen molar-refractivity contribution in [2.45, 2.75) is 30.9 Å². The van der Waals surface area contributed by atoms with Gasteiger partial charge in [-0.05, 0) is 49.3 Å². The summed E-state index contributed by atoms with van der Waals surface area (Å²) < 4.78 is 26.0. The van der Waals surface area contributed by atoms with E-state index in [4.69, 9.17) is 0 Å². The van der Waals surface area contributed by atoms with Gasteiger partial charge < -0.3 is 0 Å². The van der Waals surface area contributed by atoms with Gasteiger partial charge in [-0.25, -0.2) is 8.78 Å². The summed E-state index contributed by atoms with van der Waals surface area (Å²) in [5.74, 6) is -0.0530. The molecule has 1 aromatic carbocycles. The van der Waals surface area contributed by atoms with Crippen molar-refractivity contribution in [2.24, 2.45) is 0 Å². The van der Waals surface area contributed by atoms with Gasteiger partial charge in [0.25, 0.3) is 0 Å². The third-order valence-electron chi connectivity index (χ3n) is 3.17. The first-order valence-electron chi connectivity index (χ1n) is 5.62. The van der Waals surface area contributed by atoms with Gasteiger partial charge in [-0.3, -0.25) is 4.79 Å². The molecule has 0 bridgehead atoms. The van der Waals surface area contributed by atoms with Crippen LogP contribution in [0.1, 0.15) is 25.3 Å². The van der Waals surface area contributed by atoms with E-state index >= 15 is 0 Å². The Morgan fingerprint density at radius 2 is 2.24 bits per heavy atom. The Bertz CT molecular complexity index is 439. The normalized spacial score (nSPS) is 23.9. The third kappa shape index (κ3) is 2.68. The predicted molar refractivity (Wildman–Crippen MR) is 65.2 cm³/mol. The number of thioether (sulfide) groups is 1. The molecule has 0 saturated carbocycles. The van der Waals surface area contributed by atoms with Crippen molar-refractivity contribution in [3.05, 3.63) is 35.4 Å². The second-order valence-corrected chi connectivity index (χ2v) is 6.12. The topological polar surface area (TPSA) is 17.1 Å². The van der Waals surface area contributed by atoms with Gasteiger partial charge in [-0.2, -0.15) is 0 Å². The van der Waals surface area contributed by atoms with Crippen LogP contribution < -0.4 is 0 Å². The molecule has 0 aliphatic carbocycles. The van der Waals surface area contributed by atoms with E-state index in [-0.39, 0.29) is 17.8 Å². The minimum atomic E-state index is -0.508. The number of rotatable bonds is 3. The summed E-state index contributed by atoms with van der Waals surface area (Å²) in [5.41, 5.74) is 0.156. The van der Waals surface area contributed by atoms with E-state index in [9.17, 15) is 13.6 Å². The molecule has 1 saturated heterocycles. The van der Waals surface area contributed by atoms with Crippen LogP contribution in [-0.4, -0.2) is 16.3 Å². The molecule has 1 aromatic rings. The minimum absolute atomic E-state index is 0.00972. The monoisotopic (exact) mass is 256 g/mol. The number of halogens is 2. The molecule has 1 fully saturated rings. The van der Waals surface area contributed by atoms with Crippen LogP contribution in [0, 0.1) is 11.6 Å². The molecule has 0 spiro atoms. The number of benzene rings is 1. The number of carbonyl (C=O) groups is 1. The SMILES string of the molecule is CC1(C(=O)Cc2cc(F)ccc2F)CCCS1. The van der Waals surface area contributed by atoms with Crippen molar-refractivity contribution in [1.29, 1.82) is 0 Å². The van der Waals surface area contributed by atoms with Gasteiger partial charge in [0.1, 0.15) is 11.6 Å². The van der Waals surface area contributed by atoms with Gasteiger partial charge >= 0.3 is 0 Å². The number of Topliss-reactive ketones (excluding diaryl/α,β-unsaturated/α-hetero) is 1. The van der Waals surface area contributed by atoms with Crippen LogP contribution in [0.25, 0.3) is 0 Å². The molecule has 0 N–H and O–H groups in total. The summed E-state index contributed by atoms with van der Waals surface area (Å²) in [5, 5.41) is 0. The first-order chi connectivity index (χ1) is 8.01. The van der Waals surface area contributed by atoms with E-state index in [0.29, 0.717) is 0 Å². The summed E-state index contributed by atoms with van der Waals surface area (Å²) in [6.07, 6.45) is 1.82. The molecule has 0 amide bonds. The zero-order chi connectivity index (χ0) is 12.5. The highest BCUT2D eigenvalue weighted by molar-refractivity contribution is 8.01. The van der Waals surface area contributed by atoms with Crippen LogP contribution in [0.4, 0.5) is 8.78 Å². The maximum Gasteiger partial charge on any atom is 0.153 e. The lowest BCUT2D eigenvalue weighted by Gasteiger charge is -2.20. The summed E-state index contributed by atoms with van der Waals surface area (Å²) >= 11 is 1.62. The molecule has 1 nitrogen and oxygen atoms in total. The van der Waals surface area contributed by atoms with Gasteiger partial charge in [0, 0.05) is 6.42 Å². The van der Waals surface area contributed by atoms with Gasteiger partial charge in [-0.1, -0.05) is 0 Å². The number of hydrogen-bond donors (Lipinski definition) is 0. The second kappa shape index (κ2) is 4.77. The quantitative estimate of drug-likeness (QED) is 0.825. The number of hydrogen-bond acceptors (Lipinski definition) is 2. The van der Waals surface area contributed by atoms with Gasteiger partial charge in [0.05, 0.1) is 4.75 Å². The van der Waals surface area contributed by atoms with Crippen LogP contribution in [0.3, 0.4) is 0 Å². The number of ketones is 1. The molecule has 1 aliphatic heterocycles. The van der Waals surface area contributed by atoms with Crippen molar-refractivity contribution in [2.75, 3.05) is 5.75 Å². The van der Waals surface area contributed by atoms with Crippen molar-refractivity contribution in [3.8, 4) is 0 Å². The fourth-order valence-electron chi connectivity index (χ4n) is 2.04. The highest BCUT2D eigenvalue weighted by Gasteiger charge is 2.36. The van der Waals surface area contributed by atoms with E-state index in [0.717, 1.165) is 36.8 Å². The molecule has 17 heavy (non-hydrogen) atoms. The lowest BCUT2D eigenvalue weighted by Crippen LogP contribution is -2.30. The zero-order valence-corrected chi connectivity index (χ0v) is 10.4. The van der Waals surface area contributed by atoms with Crippen LogP contribution in [-0.2, 0) is 11.2 Å². The first kappa shape index (κ1) is 12.6. The molecule has 1 atom stereocenters. The molecule has 2 rings (SSSR count). The van der Waals surface area contributed by atoms with Gasteiger partial charge in [0.2, 0.25) is 0 Å². The fraction of sp³-hybridized carbons (Fsp3) is 0.462. The zero-order valence-electron chi connectivity index (χ0n) is 9.63. The Morgan fingerprint density at radius 3 is 2.88 bits per heavy atom. The standard InChI is InChI=1S/C13H14F2OS/c1-13(5-2-6-17-13)12(16)8-9-7-10(14)3-4-11(9)15/h3-4,7H,2,5-6,8H2,1H3. The van der Waals surface area contributed by atoms with Crippen LogP contribution in [0.15, 0.2) is 18.2 Å². The average Bonchev–Trinajstić information content (AvgIpc) is 2.72. The van der Waals surface area contributed by atoms with Crippen molar-refractivity contribution in [1.82, 2.24) is 0 Å². The summed E-state index contributed by atoms with van der Waals surface area (Å²) in [6.45, 7) is 1.89. The van der Waals surface area contributed by atoms with Crippen molar-refractivity contribution < 1.29 is 13.6 Å². The molecule has 1 heterocycles. The smallest absolute Gasteiger partial charge is 0.153 e. The van der Waals surface area contributed by atoms with E-state index in [1.807, 2.05) is 6.92 Å². The Hall–Kier alpha value is -0.900. The van der Waals surface area contributed by atoms with Crippen LogP contribution in [0.5, 0.6) is 0 Å². The highest BCUT2D eigenvalue weighted by Crippen LogP contribution is 2.39. The molecule has 1 unspecified atom stereocenters. The summed E-state index contributed by atoms with van der Waals surface area (Å²) in [6, 6.07) is 3.24. The Morgan fingerprint density at radius 1 is 1.47 bits per heavy atom. The van der Waals surface area contributed by atoms with Crippen molar-refractivity contribution in [3.63, 3.8) is 0 Å². The highest BCUT2D eigenvalue weighted by atomic mass is 32.2. The Balaban J connectivity index is 2.15. The largest absolute Gasteiger partial charge is 0.298 e. The average molecular weight is 256 g/mol. The lowest BCUT2D eigenvalue weighted by atomic mass is 9.95. The third-order valence-corrected chi connectivity index (χ3v) is 4.73. The molecule has 0 aromatic heterocycles. The summed E-state index contributed by atoms with van der Waals surface area (Å²) in [7, 11) is 0. The van der Waals surface area contributed by atoms with Gasteiger partial charge in [-0.15, -0.1) is 11.8 Å². The second-order valence-electron chi connectivity index (χ2n) is 4.52. The Kier molecular flexibility index (Phi) is 3.52. The Labute approximate surface area is 104 Å². The van der Waals surface area contributed by atoms with E-state index in [2.05, 4.69) is 0 Å². The van der Waals surface area contributed by atoms with Crippen molar-refractivity contribution >= 4 is 17.5 Å². The summed E-state index contributed by atoms with van der Waals surface area (Å²) in [4.78, 5) is 12.1. The molecular formula is C13H14F2OS. The van der Waals surface area contributed by atoms with E-state index in [1.54, 1.807) is 11.8 Å². The lowest BCUT2D eigenvalue weighted by molar-refractivity contribution is -0.120. The van der Waals surface area contributed by atoms with Crippen LogP contribution >= 0.6 is 11.8 Å². The molecule has 92 valence electrons. The fourth-order valence-corrected chi connectivity index (χ4v) is 3.30. The van der Waals surface area contributed by atoms with Gasteiger partial charge in [0.15, 0.2) is 5.78 Å². The molecule has 0 radical (unpaired) electrons. The molecule has 1 aliphatic rings. The maximum absolute atomic E-state index is 13.4. The maximum atomic E-state index is 13.4. The van der Waals surface area contributed by atoms with Crippen LogP contribution in [0.2, 0.25) is 0 Å². The molecule has 4 heteroatoms. The minimum Gasteiger partial charge on any atom is -0.298 e. The van der Waals surface area contributed by atoms with E-state index in [1.165, 1.54) is 0 Å². The predicted octanol–water partition coefficient (Wildman–Crippen LogP) is 3.36. The number of carbonyl (C=O) groups excluding carboxylic acids is 1. The molecular weight excluding hydrogens is 242 g/mol. The van der Waals surface area contributed by atoms with E-state index < -0.39 is 16.4 Å². The first-order valence-corrected chi connectivity index (χ1v) is 6.61.